The first-order chi connectivity index (χ1) is 13.4. The van der Waals surface area contributed by atoms with Crippen molar-refractivity contribution in [1.29, 1.82) is 0 Å². The van der Waals surface area contributed by atoms with E-state index in [1.165, 1.54) is 22.3 Å². The van der Waals surface area contributed by atoms with Crippen LogP contribution in [0.2, 0.25) is 0 Å². The van der Waals surface area contributed by atoms with Crippen LogP contribution in [0.1, 0.15) is 11.1 Å². The molecule has 3 heteroatoms. The van der Waals surface area contributed by atoms with Gasteiger partial charge in [-0.2, -0.15) is 0 Å². The summed E-state index contributed by atoms with van der Waals surface area (Å²) in [6, 6.07) is 25.4. The summed E-state index contributed by atoms with van der Waals surface area (Å²) in [5.74, 6) is 0. The monoisotopic (exact) mass is 351 g/mol. The van der Waals surface area contributed by atoms with E-state index in [-0.39, 0.29) is 0 Å². The lowest BCUT2D eigenvalue weighted by atomic mass is 10.1. The van der Waals surface area contributed by atoms with Crippen LogP contribution in [-0.2, 0) is 13.1 Å². The molecule has 0 unspecified atom stereocenters. The van der Waals surface area contributed by atoms with Crippen LogP contribution < -0.4 is 5.32 Å². The molecule has 2 aromatic carbocycles. The fourth-order valence-corrected chi connectivity index (χ4v) is 3.05. The molecule has 1 N–H and O–H groups in total. The summed E-state index contributed by atoms with van der Waals surface area (Å²) in [7, 11) is 0. The molecule has 0 aliphatic carbocycles. The summed E-state index contributed by atoms with van der Waals surface area (Å²) in [5.41, 5.74) is 7.22. The van der Waals surface area contributed by atoms with Crippen LogP contribution in [-0.4, -0.2) is 9.97 Å². The first-order valence-corrected chi connectivity index (χ1v) is 9.08. The summed E-state index contributed by atoms with van der Waals surface area (Å²) in [4.78, 5) is 8.35. The van der Waals surface area contributed by atoms with E-state index >= 15 is 0 Å². The van der Waals surface area contributed by atoms with Gasteiger partial charge in [0, 0.05) is 37.9 Å². The zero-order valence-corrected chi connectivity index (χ0v) is 15.0. The van der Waals surface area contributed by atoms with E-state index in [0.29, 0.717) is 0 Å². The van der Waals surface area contributed by atoms with Crippen molar-refractivity contribution in [3.05, 3.63) is 109 Å². The third-order valence-electron chi connectivity index (χ3n) is 4.56. The van der Waals surface area contributed by atoms with Gasteiger partial charge >= 0.3 is 0 Å². The summed E-state index contributed by atoms with van der Waals surface area (Å²) in [6.07, 6.45) is 7.38. The second-order valence-corrected chi connectivity index (χ2v) is 6.48. The Balaban J connectivity index is 1.32. The summed E-state index contributed by atoms with van der Waals surface area (Å²) in [5, 5.41) is 3.51. The molecule has 0 fully saturated rings. The Labute approximate surface area is 159 Å². The molecule has 0 aliphatic rings. The van der Waals surface area contributed by atoms with Crippen molar-refractivity contribution in [2.24, 2.45) is 0 Å². The molecule has 2 aromatic heterocycles. The fourth-order valence-electron chi connectivity index (χ4n) is 3.05. The second-order valence-electron chi connectivity index (χ2n) is 6.48. The number of benzene rings is 2. The number of hydrogen-bond acceptors (Lipinski definition) is 3. The predicted molar refractivity (Wildman–Crippen MR) is 110 cm³/mol. The SMILES string of the molecule is c1cncc(-c2ccc(CNCc3ccc(-c4cccnc4)cc3)cc2)c1. The van der Waals surface area contributed by atoms with E-state index in [9.17, 15) is 0 Å². The zero-order chi connectivity index (χ0) is 18.3. The van der Waals surface area contributed by atoms with Crippen LogP contribution in [0.5, 0.6) is 0 Å². The van der Waals surface area contributed by atoms with E-state index in [2.05, 4.69) is 75.9 Å². The Morgan fingerprint density at radius 1 is 0.519 bits per heavy atom. The van der Waals surface area contributed by atoms with Crippen molar-refractivity contribution in [3.8, 4) is 22.3 Å². The van der Waals surface area contributed by atoms with Gasteiger partial charge in [0.25, 0.3) is 0 Å². The molecule has 0 radical (unpaired) electrons. The van der Waals surface area contributed by atoms with Gasteiger partial charge in [-0.05, 0) is 45.5 Å². The standard InChI is InChI=1S/C24H21N3/c1-3-23(17-25-13-1)21-9-5-19(6-10-21)15-27-16-20-7-11-22(12-8-20)24-4-2-14-26-18-24/h1-14,17-18,27H,15-16H2. The lowest BCUT2D eigenvalue weighted by Gasteiger charge is -2.08. The minimum atomic E-state index is 0.845. The highest BCUT2D eigenvalue weighted by molar-refractivity contribution is 5.63. The molecule has 0 bridgehead atoms. The summed E-state index contributed by atoms with van der Waals surface area (Å²) < 4.78 is 0. The quantitative estimate of drug-likeness (QED) is 0.525. The Hall–Kier alpha value is -3.30. The number of hydrogen-bond donors (Lipinski definition) is 1. The van der Waals surface area contributed by atoms with Crippen LogP contribution >= 0.6 is 0 Å². The van der Waals surface area contributed by atoms with Crippen molar-refractivity contribution in [2.45, 2.75) is 13.1 Å². The van der Waals surface area contributed by atoms with Crippen LogP contribution in [0.3, 0.4) is 0 Å². The highest BCUT2D eigenvalue weighted by Gasteiger charge is 2.00. The number of rotatable bonds is 6. The molecular formula is C24H21N3. The van der Waals surface area contributed by atoms with Crippen molar-refractivity contribution in [2.75, 3.05) is 0 Å². The molecule has 3 nitrogen and oxygen atoms in total. The number of pyridine rings is 2. The largest absolute Gasteiger partial charge is 0.309 e. The molecule has 0 saturated heterocycles. The van der Waals surface area contributed by atoms with Crippen molar-refractivity contribution in [1.82, 2.24) is 15.3 Å². The summed E-state index contributed by atoms with van der Waals surface area (Å²) >= 11 is 0. The average molecular weight is 351 g/mol. The Bertz CT molecular complexity index is 881. The van der Waals surface area contributed by atoms with Gasteiger partial charge < -0.3 is 5.32 Å². The van der Waals surface area contributed by atoms with E-state index in [0.717, 1.165) is 24.2 Å². The topological polar surface area (TPSA) is 37.8 Å². The normalized spacial score (nSPS) is 10.7. The van der Waals surface area contributed by atoms with E-state index in [1.54, 1.807) is 12.4 Å². The average Bonchev–Trinajstić information content (AvgIpc) is 2.76. The van der Waals surface area contributed by atoms with Gasteiger partial charge in [-0.3, -0.25) is 9.97 Å². The van der Waals surface area contributed by atoms with Crippen molar-refractivity contribution < 1.29 is 0 Å². The van der Waals surface area contributed by atoms with Gasteiger partial charge in [0.1, 0.15) is 0 Å². The van der Waals surface area contributed by atoms with Gasteiger partial charge in [0.05, 0.1) is 0 Å². The molecule has 132 valence electrons. The minimum Gasteiger partial charge on any atom is -0.309 e. The van der Waals surface area contributed by atoms with E-state index < -0.39 is 0 Å². The minimum absolute atomic E-state index is 0.845. The Morgan fingerprint density at radius 2 is 0.963 bits per heavy atom. The molecule has 4 aromatic rings. The van der Waals surface area contributed by atoms with Crippen LogP contribution in [0.15, 0.2) is 97.6 Å². The van der Waals surface area contributed by atoms with E-state index in [4.69, 9.17) is 0 Å². The summed E-state index contributed by atoms with van der Waals surface area (Å²) in [6.45, 7) is 1.69. The first-order valence-electron chi connectivity index (χ1n) is 9.08. The molecule has 0 spiro atoms. The number of nitrogens with zero attached hydrogens (tertiary/aromatic N) is 2. The number of nitrogens with one attached hydrogen (secondary N) is 1. The molecule has 27 heavy (non-hydrogen) atoms. The molecule has 0 atom stereocenters. The maximum Gasteiger partial charge on any atom is 0.0346 e. The van der Waals surface area contributed by atoms with Gasteiger partial charge in [-0.25, -0.2) is 0 Å². The Morgan fingerprint density at radius 3 is 1.33 bits per heavy atom. The van der Waals surface area contributed by atoms with Crippen LogP contribution in [0.25, 0.3) is 22.3 Å². The highest BCUT2D eigenvalue weighted by Crippen LogP contribution is 2.19. The highest BCUT2D eigenvalue weighted by atomic mass is 14.8. The Kier molecular flexibility index (Phi) is 5.32. The van der Waals surface area contributed by atoms with Crippen LogP contribution in [0.4, 0.5) is 0 Å². The lowest BCUT2D eigenvalue weighted by Crippen LogP contribution is -2.12. The molecule has 0 saturated carbocycles. The maximum atomic E-state index is 4.18. The van der Waals surface area contributed by atoms with Crippen LogP contribution in [0, 0.1) is 0 Å². The van der Waals surface area contributed by atoms with Crippen molar-refractivity contribution in [3.63, 3.8) is 0 Å². The van der Waals surface area contributed by atoms with Crippen molar-refractivity contribution >= 4 is 0 Å². The molecule has 0 aliphatic heterocycles. The van der Waals surface area contributed by atoms with Gasteiger partial charge in [0.15, 0.2) is 0 Å². The van der Waals surface area contributed by atoms with Gasteiger partial charge in [-0.1, -0.05) is 60.7 Å². The third-order valence-corrected chi connectivity index (χ3v) is 4.56. The molecule has 0 amide bonds. The van der Waals surface area contributed by atoms with E-state index in [1.807, 2.05) is 24.5 Å². The maximum absolute atomic E-state index is 4.18. The van der Waals surface area contributed by atoms with Gasteiger partial charge in [0.2, 0.25) is 0 Å². The third kappa shape index (κ3) is 4.46. The predicted octanol–water partition coefficient (Wildman–Crippen LogP) is 5.10. The lowest BCUT2D eigenvalue weighted by molar-refractivity contribution is 0.693. The second kappa shape index (κ2) is 8.39. The number of aromatic nitrogens is 2. The molecular weight excluding hydrogens is 330 g/mol. The van der Waals surface area contributed by atoms with Gasteiger partial charge in [-0.15, -0.1) is 0 Å². The smallest absolute Gasteiger partial charge is 0.0346 e. The molecule has 2 heterocycles. The zero-order valence-electron chi connectivity index (χ0n) is 15.0. The first kappa shape index (κ1) is 17.1. The molecule has 4 rings (SSSR count). The fraction of sp³-hybridized carbons (Fsp3) is 0.0833.